The molecular weight excluding hydrogens is 178 g/mol. The van der Waals surface area contributed by atoms with E-state index < -0.39 is 0 Å². The number of hydrogen-bond acceptors (Lipinski definition) is 2. The third kappa shape index (κ3) is 3.39. The van der Waals surface area contributed by atoms with E-state index in [2.05, 4.69) is 0 Å². The average Bonchev–Trinajstić information content (AvgIpc) is 2.19. The fraction of sp³-hybridized carbons (Fsp3) is 0.273. The van der Waals surface area contributed by atoms with Gasteiger partial charge in [-0.15, -0.1) is 0 Å². The van der Waals surface area contributed by atoms with Crippen LogP contribution in [0.5, 0.6) is 0 Å². The van der Waals surface area contributed by atoms with Gasteiger partial charge in [0.1, 0.15) is 0 Å². The van der Waals surface area contributed by atoms with Crippen molar-refractivity contribution >= 4 is 0 Å². The number of benzene rings is 1. The zero-order valence-corrected chi connectivity index (χ0v) is 8.14. The van der Waals surface area contributed by atoms with E-state index in [1.807, 2.05) is 30.3 Å². The Morgan fingerprint density at radius 3 is 2.64 bits per heavy atom. The molecule has 0 aromatic heterocycles. The molecule has 0 unspecified atom stereocenters. The van der Waals surface area contributed by atoms with Crippen LogP contribution in [0.3, 0.4) is 0 Å². The molecule has 1 aromatic rings. The van der Waals surface area contributed by atoms with Gasteiger partial charge in [-0.1, -0.05) is 30.3 Å². The molecule has 0 amide bonds. The van der Waals surface area contributed by atoms with Gasteiger partial charge in [0.2, 0.25) is 5.70 Å². The largest absolute Gasteiger partial charge is 0.259 e. The molecule has 0 atom stereocenters. The van der Waals surface area contributed by atoms with Gasteiger partial charge in [0.05, 0.1) is 4.92 Å². The molecule has 0 radical (unpaired) electrons. The Kier molecular flexibility index (Phi) is 3.85. The van der Waals surface area contributed by atoms with Crippen molar-refractivity contribution in [1.29, 1.82) is 0 Å². The molecule has 3 nitrogen and oxygen atoms in total. The first-order chi connectivity index (χ1) is 6.70. The smallest absolute Gasteiger partial charge is 0.239 e. The van der Waals surface area contributed by atoms with E-state index in [0.717, 1.165) is 12.8 Å². The Hall–Kier alpha value is -1.64. The van der Waals surface area contributed by atoms with E-state index in [-0.39, 0.29) is 10.6 Å². The van der Waals surface area contributed by atoms with Crippen LogP contribution in [0.15, 0.2) is 42.1 Å². The average molecular weight is 191 g/mol. The van der Waals surface area contributed by atoms with E-state index in [1.54, 1.807) is 6.08 Å². The SMILES string of the molecule is C/C(=C\CCc1ccccc1)[N+](=O)[O-]. The summed E-state index contributed by atoms with van der Waals surface area (Å²) in [7, 11) is 0. The van der Waals surface area contributed by atoms with Gasteiger partial charge >= 0.3 is 0 Å². The summed E-state index contributed by atoms with van der Waals surface area (Å²) in [5, 5.41) is 10.3. The molecule has 0 spiro atoms. The molecule has 0 bridgehead atoms. The lowest BCUT2D eigenvalue weighted by molar-refractivity contribution is -0.424. The number of nitro groups is 1. The monoisotopic (exact) mass is 191 g/mol. The molecule has 3 heteroatoms. The molecule has 1 rings (SSSR count). The van der Waals surface area contributed by atoms with Crippen LogP contribution in [-0.2, 0) is 6.42 Å². The maximum absolute atomic E-state index is 10.3. The van der Waals surface area contributed by atoms with Crippen molar-refractivity contribution in [3.8, 4) is 0 Å². The van der Waals surface area contributed by atoms with E-state index in [9.17, 15) is 10.1 Å². The van der Waals surface area contributed by atoms with Crippen molar-refractivity contribution in [1.82, 2.24) is 0 Å². The lowest BCUT2D eigenvalue weighted by atomic mass is 10.1. The normalized spacial score (nSPS) is 11.4. The van der Waals surface area contributed by atoms with E-state index in [1.165, 1.54) is 12.5 Å². The van der Waals surface area contributed by atoms with Gasteiger partial charge in [-0.25, -0.2) is 0 Å². The number of aryl methyl sites for hydroxylation is 1. The van der Waals surface area contributed by atoms with Gasteiger partial charge < -0.3 is 0 Å². The highest BCUT2D eigenvalue weighted by atomic mass is 16.6. The van der Waals surface area contributed by atoms with Crippen LogP contribution in [0, 0.1) is 10.1 Å². The van der Waals surface area contributed by atoms with Gasteiger partial charge in [-0.3, -0.25) is 10.1 Å². The topological polar surface area (TPSA) is 43.1 Å². The lowest BCUT2D eigenvalue weighted by Crippen LogP contribution is -1.93. The number of nitrogens with zero attached hydrogens (tertiary/aromatic N) is 1. The second-order valence-corrected chi connectivity index (χ2v) is 3.13. The molecule has 0 heterocycles. The summed E-state index contributed by atoms with van der Waals surface area (Å²) in [5.74, 6) is 0. The van der Waals surface area contributed by atoms with Crippen LogP contribution in [0.25, 0.3) is 0 Å². The fourth-order valence-corrected chi connectivity index (χ4v) is 1.17. The molecule has 0 saturated carbocycles. The molecule has 0 aliphatic rings. The summed E-state index contributed by atoms with van der Waals surface area (Å²) >= 11 is 0. The third-order valence-corrected chi connectivity index (χ3v) is 2.00. The Morgan fingerprint density at radius 1 is 1.43 bits per heavy atom. The van der Waals surface area contributed by atoms with Gasteiger partial charge in [-0.2, -0.15) is 0 Å². The number of allylic oxidation sites excluding steroid dienone is 2. The first-order valence-electron chi connectivity index (χ1n) is 4.55. The summed E-state index contributed by atoms with van der Waals surface area (Å²) in [5.41, 5.74) is 1.43. The summed E-state index contributed by atoms with van der Waals surface area (Å²) in [6.07, 6.45) is 3.23. The Morgan fingerprint density at radius 2 is 2.07 bits per heavy atom. The first-order valence-corrected chi connectivity index (χ1v) is 4.55. The number of rotatable bonds is 4. The molecule has 0 aliphatic carbocycles. The minimum Gasteiger partial charge on any atom is -0.259 e. The first kappa shape index (κ1) is 10.4. The van der Waals surface area contributed by atoms with E-state index in [0.29, 0.717) is 0 Å². The lowest BCUT2D eigenvalue weighted by Gasteiger charge is -1.96. The van der Waals surface area contributed by atoms with Crippen molar-refractivity contribution in [3.05, 3.63) is 57.8 Å². The second kappa shape index (κ2) is 5.17. The minimum absolute atomic E-state index is 0.223. The van der Waals surface area contributed by atoms with Crippen molar-refractivity contribution in [2.24, 2.45) is 0 Å². The molecule has 74 valence electrons. The van der Waals surface area contributed by atoms with Crippen LogP contribution in [0.2, 0.25) is 0 Å². The zero-order chi connectivity index (χ0) is 10.4. The molecule has 0 N–H and O–H groups in total. The third-order valence-electron chi connectivity index (χ3n) is 2.00. The second-order valence-electron chi connectivity index (χ2n) is 3.13. The van der Waals surface area contributed by atoms with E-state index in [4.69, 9.17) is 0 Å². The quantitative estimate of drug-likeness (QED) is 0.542. The summed E-state index contributed by atoms with van der Waals surface area (Å²) in [6.45, 7) is 1.52. The van der Waals surface area contributed by atoms with E-state index >= 15 is 0 Å². The maximum atomic E-state index is 10.3. The van der Waals surface area contributed by atoms with Crippen LogP contribution in [0.4, 0.5) is 0 Å². The van der Waals surface area contributed by atoms with Crippen molar-refractivity contribution in [3.63, 3.8) is 0 Å². The molecule has 14 heavy (non-hydrogen) atoms. The molecule has 1 aromatic carbocycles. The van der Waals surface area contributed by atoms with Gasteiger partial charge in [0.25, 0.3) is 0 Å². The molecule has 0 saturated heterocycles. The standard InChI is InChI=1S/C11H13NO2/c1-10(12(13)14)6-5-9-11-7-3-2-4-8-11/h2-4,6-8H,5,9H2,1H3/b10-6+. The van der Waals surface area contributed by atoms with Crippen molar-refractivity contribution in [2.45, 2.75) is 19.8 Å². The molecule has 0 fully saturated rings. The molecular formula is C11H13NO2. The summed E-state index contributed by atoms with van der Waals surface area (Å²) in [4.78, 5) is 9.92. The highest BCUT2D eigenvalue weighted by Crippen LogP contribution is 2.04. The predicted molar refractivity (Wildman–Crippen MR) is 55.5 cm³/mol. The Labute approximate surface area is 83.2 Å². The van der Waals surface area contributed by atoms with Crippen molar-refractivity contribution < 1.29 is 4.92 Å². The fourth-order valence-electron chi connectivity index (χ4n) is 1.17. The summed E-state index contributed by atoms with van der Waals surface area (Å²) in [6, 6.07) is 9.95. The van der Waals surface area contributed by atoms with Crippen LogP contribution in [0.1, 0.15) is 18.9 Å². The summed E-state index contributed by atoms with van der Waals surface area (Å²) < 4.78 is 0. The van der Waals surface area contributed by atoms with Crippen LogP contribution >= 0.6 is 0 Å². The zero-order valence-electron chi connectivity index (χ0n) is 8.14. The minimum atomic E-state index is -0.356. The highest BCUT2D eigenvalue weighted by Gasteiger charge is 1.99. The van der Waals surface area contributed by atoms with Crippen LogP contribution in [-0.4, -0.2) is 4.92 Å². The Bertz CT molecular complexity index is 330. The van der Waals surface area contributed by atoms with Crippen LogP contribution < -0.4 is 0 Å². The van der Waals surface area contributed by atoms with Gasteiger partial charge in [0.15, 0.2) is 0 Å². The predicted octanol–water partition coefficient (Wildman–Crippen LogP) is 2.80. The number of hydrogen-bond donors (Lipinski definition) is 0. The highest BCUT2D eigenvalue weighted by molar-refractivity contribution is 5.15. The maximum Gasteiger partial charge on any atom is 0.239 e. The van der Waals surface area contributed by atoms with Crippen molar-refractivity contribution in [2.75, 3.05) is 0 Å². The van der Waals surface area contributed by atoms with Gasteiger partial charge in [-0.05, 0) is 24.5 Å². The Balaban J connectivity index is 2.43. The van der Waals surface area contributed by atoms with Gasteiger partial charge in [0, 0.05) is 6.92 Å². The molecule has 0 aliphatic heterocycles.